The summed E-state index contributed by atoms with van der Waals surface area (Å²) in [6, 6.07) is 7.62. The van der Waals surface area contributed by atoms with Crippen LogP contribution < -0.4 is 16.0 Å². The molecule has 8 heteroatoms. The summed E-state index contributed by atoms with van der Waals surface area (Å²) < 4.78 is 11.3. The van der Waals surface area contributed by atoms with Gasteiger partial charge < -0.3 is 30.3 Å². The highest BCUT2D eigenvalue weighted by Crippen LogP contribution is 2.11. The molecule has 174 valence electrons. The molecule has 1 amide bonds. The first-order valence-electron chi connectivity index (χ1n) is 11.3. The van der Waals surface area contributed by atoms with Gasteiger partial charge in [-0.2, -0.15) is 0 Å². The van der Waals surface area contributed by atoms with Crippen LogP contribution in [0, 0.1) is 0 Å². The number of benzene rings is 1. The van der Waals surface area contributed by atoms with Gasteiger partial charge in [-0.25, -0.2) is 4.99 Å². The minimum absolute atomic E-state index is 0.0549. The summed E-state index contributed by atoms with van der Waals surface area (Å²) in [5.41, 5.74) is 1.66. The molecule has 1 aliphatic heterocycles. The second-order valence-corrected chi connectivity index (χ2v) is 7.94. The third kappa shape index (κ3) is 10.6. The number of likely N-dealkylation sites (N-methyl/N-ethyl adjacent to an activating group) is 1. The van der Waals surface area contributed by atoms with Gasteiger partial charge >= 0.3 is 0 Å². The zero-order chi connectivity index (χ0) is 22.3. The zero-order valence-electron chi connectivity index (χ0n) is 19.3. The standard InChI is InChI=1S/C23H39N5O3/c1-4-24-23(26-11-7-14-30-18-21-10-6-15-31-21)27-17-19-8-5-9-20(16-19)22(29)25-12-13-28(2)3/h5,8-9,16,21H,4,6-7,10-15,17-18H2,1-3H3,(H,25,29)(H2,24,26,27). The van der Waals surface area contributed by atoms with Gasteiger partial charge in [-0.15, -0.1) is 0 Å². The Morgan fingerprint density at radius 3 is 2.87 bits per heavy atom. The van der Waals surface area contributed by atoms with Crippen molar-refractivity contribution < 1.29 is 14.3 Å². The van der Waals surface area contributed by atoms with E-state index in [2.05, 4.69) is 20.9 Å². The van der Waals surface area contributed by atoms with Crippen molar-refractivity contribution in [1.82, 2.24) is 20.9 Å². The molecule has 1 unspecified atom stereocenters. The van der Waals surface area contributed by atoms with Gasteiger partial charge in [0, 0.05) is 45.0 Å². The van der Waals surface area contributed by atoms with Crippen molar-refractivity contribution >= 4 is 11.9 Å². The molecule has 1 aromatic rings. The lowest BCUT2D eigenvalue weighted by Crippen LogP contribution is -2.38. The van der Waals surface area contributed by atoms with E-state index < -0.39 is 0 Å². The highest BCUT2D eigenvalue weighted by atomic mass is 16.5. The van der Waals surface area contributed by atoms with E-state index in [1.807, 2.05) is 50.2 Å². The minimum Gasteiger partial charge on any atom is -0.379 e. The van der Waals surface area contributed by atoms with Crippen molar-refractivity contribution in [2.75, 3.05) is 60.1 Å². The number of aliphatic imine (C=N–C) groups is 1. The number of carbonyl (C=O) groups is 1. The lowest BCUT2D eigenvalue weighted by Gasteiger charge is -2.13. The number of hydrogen-bond acceptors (Lipinski definition) is 5. The maximum absolute atomic E-state index is 12.3. The van der Waals surface area contributed by atoms with E-state index in [-0.39, 0.29) is 12.0 Å². The SMILES string of the molecule is CCNC(=NCc1cccc(C(=O)NCCN(C)C)c1)NCCCOCC1CCCO1. The van der Waals surface area contributed by atoms with Crippen LogP contribution in [0.1, 0.15) is 42.1 Å². The second kappa shape index (κ2) is 14.8. The number of amides is 1. The molecule has 1 aliphatic rings. The normalized spacial score (nSPS) is 16.5. The van der Waals surface area contributed by atoms with Crippen molar-refractivity contribution in [1.29, 1.82) is 0 Å². The molecule has 0 aliphatic carbocycles. The Morgan fingerprint density at radius 1 is 1.26 bits per heavy atom. The van der Waals surface area contributed by atoms with Gasteiger partial charge in [0.25, 0.3) is 5.91 Å². The van der Waals surface area contributed by atoms with Gasteiger partial charge in [0.2, 0.25) is 0 Å². The predicted molar refractivity (Wildman–Crippen MR) is 125 cm³/mol. The number of rotatable bonds is 13. The van der Waals surface area contributed by atoms with Gasteiger partial charge in [-0.1, -0.05) is 12.1 Å². The molecule has 0 spiro atoms. The fourth-order valence-electron chi connectivity index (χ4n) is 3.19. The summed E-state index contributed by atoms with van der Waals surface area (Å²) in [7, 11) is 3.97. The molecule has 0 bridgehead atoms. The first-order valence-corrected chi connectivity index (χ1v) is 11.3. The molecule has 1 fully saturated rings. The van der Waals surface area contributed by atoms with Crippen molar-refractivity contribution in [2.24, 2.45) is 4.99 Å². The Balaban J connectivity index is 1.73. The molecule has 0 saturated carbocycles. The molecule has 3 N–H and O–H groups in total. The van der Waals surface area contributed by atoms with Crippen LogP contribution in [0.4, 0.5) is 0 Å². The molecule has 1 heterocycles. The lowest BCUT2D eigenvalue weighted by molar-refractivity contribution is 0.0168. The highest BCUT2D eigenvalue weighted by molar-refractivity contribution is 5.94. The fraction of sp³-hybridized carbons (Fsp3) is 0.652. The molecule has 0 aromatic heterocycles. The van der Waals surface area contributed by atoms with Crippen molar-refractivity contribution in [3.8, 4) is 0 Å². The van der Waals surface area contributed by atoms with E-state index in [0.717, 1.165) is 57.0 Å². The summed E-state index contributed by atoms with van der Waals surface area (Å²) in [5.74, 6) is 0.711. The average molecular weight is 434 g/mol. The Hall–Kier alpha value is -2.16. The number of ether oxygens (including phenoxy) is 2. The lowest BCUT2D eigenvalue weighted by atomic mass is 10.1. The monoisotopic (exact) mass is 433 g/mol. The van der Waals surface area contributed by atoms with Gasteiger partial charge in [0.1, 0.15) is 0 Å². The topological polar surface area (TPSA) is 87.2 Å². The molecule has 1 atom stereocenters. The Bertz CT molecular complexity index is 675. The third-order valence-corrected chi connectivity index (χ3v) is 4.88. The van der Waals surface area contributed by atoms with Crippen LogP contribution in [-0.4, -0.2) is 83.0 Å². The maximum Gasteiger partial charge on any atom is 0.251 e. The molecule has 0 radical (unpaired) electrons. The summed E-state index contributed by atoms with van der Waals surface area (Å²) in [4.78, 5) is 19.0. The molecular weight excluding hydrogens is 394 g/mol. The van der Waals surface area contributed by atoms with E-state index in [4.69, 9.17) is 9.47 Å². The molecule has 8 nitrogen and oxygen atoms in total. The van der Waals surface area contributed by atoms with Crippen LogP contribution in [0.3, 0.4) is 0 Å². The first kappa shape index (κ1) is 25.1. The summed E-state index contributed by atoms with van der Waals surface area (Å²) in [6.07, 6.45) is 3.42. The van der Waals surface area contributed by atoms with Crippen LogP contribution in [0.15, 0.2) is 29.3 Å². The van der Waals surface area contributed by atoms with Gasteiger partial charge in [0.05, 0.1) is 19.3 Å². The van der Waals surface area contributed by atoms with Gasteiger partial charge in [-0.05, 0) is 58.0 Å². The van der Waals surface area contributed by atoms with E-state index in [9.17, 15) is 4.79 Å². The molecule has 1 saturated heterocycles. The van der Waals surface area contributed by atoms with Crippen molar-refractivity contribution in [2.45, 2.75) is 38.8 Å². The smallest absolute Gasteiger partial charge is 0.251 e. The second-order valence-electron chi connectivity index (χ2n) is 7.94. The van der Waals surface area contributed by atoms with E-state index in [1.54, 1.807) is 0 Å². The van der Waals surface area contributed by atoms with Crippen LogP contribution in [-0.2, 0) is 16.0 Å². The van der Waals surface area contributed by atoms with Crippen molar-refractivity contribution in [3.05, 3.63) is 35.4 Å². The summed E-state index contributed by atoms with van der Waals surface area (Å²) in [6.45, 7) is 7.81. The number of guanidine groups is 1. The largest absolute Gasteiger partial charge is 0.379 e. The fourth-order valence-corrected chi connectivity index (χ4v) is 3.19. The predicted octanol–water partition coefficient (Wildman–Crippen LogP) is 1.62. The average Bonchev–Trinajstić information content (AvgIpc) is 3.27. The van der Waals surface area contributed by atoms with Gasteiger partial charge in [-0.3, -0.25) is 4.79 Å². The Kier molecular flexibility index (Phi) is 12.0. The molecule has 2 rings (SSSR count). The number of hydrogen-bond donors (Lipinski definition) is 3. The summed E-state index contributed by atoms with van der Waals surface area (Å²) >= 11 is 0. The highest BCUT2D eigenvalue weighted by Gasteiger charge is 2.14. The van der Waals surface area contributed by atoms with E-state index in [0.29, 0.717) is 31.9 Å². The maximum atomic E-state index is 12.3. The first-order chi connectivity index (χ1) is 15.1. The molecular formula is C23H39N5O3. The Morgan fingerprint density at radius 2 is 2.13 bits per heavy atom. The quantitative estimate of drug-likeness (QED) is 0.249. The molecule has 31 heavy (non-hydrogen) atoms. The van der Waals surface area contributed by atoms with Crippen molar-refractivity contribution in [3.63, 3.8) is 0 Å². The minimum atomic E-state index is -0.0549. The number of nitrogens with one attached hydrogen (secondary N) is 3. The van der Waals surface area contributed by atoms with E-state index >= 15 is 0 Å². The molecule has 1 aromatic carbocycles. The third-order valence-electron chi connectivity index (χ3n) is 4.88. The van der Waals surface area contributed by atoms with Gasteiger partial charge in [0.15, 0.2) is 5.96 Å². The van der Waals surface area contributed by atoms with E-state index in [1.165, 1.54) is 0 Å². The van der Waals surface area contributed by atoms with Crippen LogP contribution >= 0.6 is 0 Å². The van der Waals surface area contributed by atoms with Crippen LogP contribution in [0.25, 0.3) is 0 Å². The number of carbonyl (C=O) groups excluding carboxylic acids is 1. The Labute approximate surface area is 186 Å². The zero-order valence-corrected chi connectivity index (χ0v) is 19.3. The van der Waals surface area contributed by atoms with Crippen LogP contribution in [0.5, 0.6) is 0 Å². The number of nitrogens with zero attached hydrogens (tertiary/aromatic N) is 2. The van der Waals surface area contributed by atoms with Crippen LogP contribution in [0.2, 0.25) is 0 Å². The summed E-state index contributed by atoms with van der Waals surface area (Å²) in [5, 5.41) is 9.54.